The van der Waals surface area contributed by atoms with E-state index in [1.807, 2.05) is 31.2 Å². The Bertz CT molecular complexity index is 687. The molecule has 1 heterocycles. The third kappa shape index (κ3) is 3.55. The number of amides is 1. The van der Waals surface area contributed by atoms with Crippen LogP contribution in [0.2, 0.25) is 0 Å². The fraction of sp³-hybridized carbons (Fsp3) is 0.444. The fourth-order valence-corrected chi connectivity index (χ4v) is 2.93. The number of carbonyl (C=O) groups excluding carboxylic acids is 1. The Hall–Kier alpha value is -2.30. The zero-order valence-electron chi connectivity index (χ0n) is 13.6. The Labute approximate surface area is 136 Å². The van der Waals surface area contributed by atoms with Crippen molar-refractivity contribution in [3.05, 3.63) is 46.8 Å². The van der Waals surface area contributed by atoms with Gasteiger partial charge in [-0.1, -0.05) is 36.2 Å². The molecule has 122 valence electrons. The van der Waals surface area contributed by atoms with Crippen molar-refractivity contribution in [2.24, 2.45) is 0 Å². The molecule has 1 fully saturated rings. The minimum Gasteiger partial charge on any atom is -0.488 e. The second kappa shape index (κ2) is 6.86. The maximum atomic E-state index is 12.4. The predicted molar refractivity (Wildman–Crippen MR) is 86.5 cm³/mol. The highest BCUT2D eigenvalue weighted by atomic mass is 16.5. The lowest BCUT2D eigenvalue weighted by atomic mass is 10.1. The number of rotatable bonds is 5. The Kier molecular flexibility index (Phi) is 4.65. The van der Waals surface area contributed by atoms with Crippen molar-refractivity contribution in [3.8, 4) is 5.75 Å². The lowest BCUT2D eigenvalue weighted by Crippen LogP contribution is -2.33. The molecule has 1 amide bonds. The molecule has 23 heavy (non-hydrogen) atoms. The highest BCUT2D eigenvalue weighted by Gasteiger charge is 2.24. The molecule has 1 aromatic heterocycles. The molecule has 0 unspecified atom stereocenters. The van der Waals surface area contributed by atoms with Crippen molar-refractivity contribution in [3.63, 3.8) is 0 Å². The summed E-state index contributed by atoms with van der Waals surface area (Å²) in [6.45, 7) is 4.06. The van der Waals surface area contributed by atoms with Crippen molar-refractivity contribution >= 4 is 5.91 Å². The first-order valence-electron chi connectivity index (χ1n) is 8.09. The lowest BCUT2D eigenvalue weighted by molar-refractivity contribution is 0.0926. The van der Waals surface area contributed by atoms with E-state index in [1.165, 1.54) is 12.8 Å². The smallest absolute Gasteiger partial charge is 0.274 e. The molecule has 1 aromatic carbocycles. The summed E-state index contributed by atoms with van der Waals surface area (Å²) in [5.41, 5.74) is 2.10. The van der Waals surface area contributed by atoms with Gasteiger partial charge >= 0.3 is 0 Å². The summed E-state index contributed by atoms with van der Waals surface area (Å²) in [4.78, 5) is 12.4. The van der Waals surface area contributed by atoms with Gasteiger partial charge < -0.3 is 14.6 Å². The number of aryl methyl sites for hydroxylation is 2. The van der Waals surface area contributed by atoms with Crippen molar-refractivity contribution in [1.82, 2.24) is 10.5 Å². The predicted octanol–water partition coefficient (Wildman–Crippen LogP) is 3.54. The van der Waals surface area contributed by atoms with Gasteiger partial charge in [-0.15, -0.1) is 0 Å². The highest BCUT2D eigenvalue weighted by molar-refractivity contribution is 5.94. The molecule has 0 bridgehead atoms. The van der Waals surface area contributed by atoms with Crippen LogP contribution in [0.25, 0.3) is 0 Å². The maximum absolute atomic E-state index is 12.4. The first-order valence-corrected chi connectivity index (χ1v) is 8.09. The van der Waals surface area contributed by atoms with Crippen molar-refractivity contribution in [2.75, 3.05) is 0 Å². The summed E-state index contributed by atoms with van der Waals surface area (Å²) in [6, 6.07) is 8.05. The zero-order valence-corrected chi connectivity index (χ0v) is 13.6. The van der Waals surface area contributed by atoms with Crippen LogP contribution < -0.4 is 10.1 Å². The van der Waals surface area contributed by atoms with E-state index in [2.05, 4.69) is 10.5 Å². The molecule has 0 aliphatic heterocycles. The third-order valence-corrected chi connectivity index (χ3v) is 4.36. The zero-order chi connectivity index (χ0) is 16.2. The van der Waals surface area contributed by atoms with Gasteiger partial charge in [-0.05, 0) is 38.3 Å². The van der Waals surface area contributed by atoms with Gasteiger partial charge in [-0.2, -0.15) is 0 Å². The standard InChI is InChI=1S/C18H22N2O3/c1-12-7-3-6-10-16(12)22-11-15-13(2)23-20-17(15)18(21)19-14-8-4-5-9-14/h3,6-7,10,14H,4-5,8-9,11H2,1-2H3,(H,19,21). The SMILES string of the molecule is Cc1ccccc1OCc1c(C(=O)NC2CCCC2)noc1C. The summed E-state index contributed by atoms with van der Waals surface area (Å²) in [6.07, 6.45) is 4.42. The van der Waals surface area contributed by atoms with E-state index in [0.29, 0.717) is 17.0 Å². The highest BCUT2D eigenvalue weighted by Crippen LogP contribution is 2.22. The number of hydrogen-bond donors (Lipinski definition) is 1. The van der Waals surface area contributed by atoms with Crippen LogP contribution in [0.5, 0.6) is 5.75 Å². The van der Waals surface area contributed by atoms with E-state index in [1.54, 1.807) is 6.92 Å². The van der Waals surface area contributed by atoms with E-state index in [-0.39, 0.29) is 18.6 Å². The van der Waals surface area contributed by atoms with Gasteiger partial charge in [0, 0.05) is 6.04 Å². The lowest BCUT2D eigenvalue weighted by Gasteiger charge is -2.12. The molecule has 5 heteroatoms. The number of hydrogen-bond acceptors (Lipinski definition) is 4. The molecule has 1 aliphatic carbocycles. The molecule has 0 spiro atoms. The van der Waals surface area contributed by atoms with Crippen molar-refractivity contribution in [2.45, 2.75) is 52.2 Å². The van der Waals surface area contributed by atoms with Gasteiger partial charge in [0.05, 0.1) is 5.56 Å². The first kappa shape index (κ1) is 15.6. The molecule has 0 atom stereocenters. The minimum atomic E-state index is -0.169. The quantitative estimate of drug-likeness (QED) is 0.916. The molecular weight excluding hydrogens is 292 g/mol. The molecule has 0 saturated heterocycles. The van der Waals surface area contributed by atoms with Gasteiger partial charge in [0.1, 0.15) is 18.1 Å². The maximum Gasteiger partial charge on any atom is 0.274 e. The van der Waals surface area contributed by atoms with Crippen LogP contribution in [0.4, 0.5) is 0 Å². The minimum absolute atomic E-state index is 0.169. The number of nitrogens with one attached hydrogen (secondary N) is 1. The molecule has 1 N–H and O–H groups in total. The molecule has 1 aliphatic rings. The van der Waals surface area contributed by atoms with E-state index >= 15 is 0 Å². The molecule has 3 rings (SSSR count). The average molecular weight is 314 g/mol. The normalized spacial score (nSPS) is 14.9. The summed E-state index contributed by atoms with van der Waals surface area (Å²) in [5, 5.41) is 6.97. The van der Waals surface area contributed by atoms with Crippen LogP contribution in [0.3, 0.4) is 0 Å². The molecule has 0 radical (unpaired) electrons. The van der Waals surface area contributed by atoms with Crippen LogP contribution >= 0.6 is 0 Å². The second-order valence-corrected chi connectivity index (χ2v) is 6.07. The van der Waals surface area contributed by atoms with Crippen LogP contribution in [0.15, 0.2) is 28.8 Å². The largest absolute Gasteiger partial charge is 0.488 e. The van der Waals surface area contributed by atoms with Crippen LogP contribution in [-0.4, -0.2) is 17.1 Å². The molecule has 5 nitrogen and oxygen atoms in total. The van der Waals surface area contributed by atoms with E-state index in [4.69, 9.17) is 9.26 Å². The Balaban J connectivity index is 1.71. The summed E-state index contributed by atoms with van der Waals surface area (Å²) in [5.74, 6) is 1.25. The number of aromatic nitrogens is 1. The summed E-state index contributed by atoms with van der Waals surface area (Å²) < 4.78 is 11.1. The Morgan fingerprint density at radius 1 is 1.30 bits per heavy atom. The summed E-state index contributed by atoms with van der Waals surface area (Å²) >= 11 is 0. The van der Waals surface area contributed by atoms with Gasteiger partial charge in [0.25, 0.3) is 5.91 Å². The second-order valence-electron chi connectivity index (χ2n) is 6.07. The Morgan fingerprint density at radius 3 is 2.78 bits per heavy atom. The van der Waals surface area contributed by atoms with E-state index in [0.717, 1.165) is 24.2 Å². The van der Waals surface area contributed by atoms with Crippen LogP contribution in [-0.2, 0) is 6.61 Å². The number of para-hydroxylation sites is 1. The molecular formula is C18H22N2O3. The number of nitrogens with zero attached hydrogens (tertiary/aromatic N) is 1. The van der Waals surface area contributed by atoms with Gasteiger partial charge in [0.15, 0.2) is 5.69 Å². The van der Waals surface area contributed by atoms with Crippen molar-refractivity contribution < 1.29 is 14.1 Å². The van der Waals surface area contributed by atoms with Gasteiger partial charge in [-0.3, -0.25) is 4.79 Å². The van der Waals surface area contributed by atoms with Crippen molar-refractivity contribution in [1.29, 1.82) is 0 Å². The van der Waals surface area contributed by atoms with E-state index < -0.39 is 0 Å². The monoisotopic (exact) mass is 314 g/mol. The summed E-state index contributed by atoms with van der Waals surface area (Å²) in [7, 11) is 0. The number of ether oxygens (including phenoxy) is 1. The number of benzene rings is 1. The molecule has 1 saturated carbocycles. The fourth-order valence-electron chi connectivity index (χ4n) is 2.93. The Morgan fingerprint density at radius 2 is 2.04 bits per heavy atom. The number of carbonyl (C=O) groups is 1. The van der Waals surface area contributed by atoms with Crippen LogP contribution in [0.1, 0.15) is 53.1 Å². The average Bonchev–Trinajstić information content (AvgIpc) is 3.16. The van der Waals surface area contributed by atoms with E-state index in [9.17, 15) is 4.79 Å². The first-order chi connectivity index (χ1) is 11.1. The van der Waals surface area contributed by atoms with Gasteiger partial charge in [-0.25, -0.2) is 0 Å². The molecule has 2 aromatic rings. The topological polar surface area (TPSA) is 64.4 Å². The third-order valence-electron chi connectivity index (χ3n) is 4.36. The van der Waals surface area contributed by atoms with Gasteiger partial charge in [0.2, 0.25) is 0 Å². The van der Waals surface area contributed by atoms with Crippen LogP contribution in [0, 0.1) is 13.8 Å².